The number of aromatic nitrogens is 3. The molecule has 0 amide bonds. The first-order valence-electron chi connectivity index (χ1n) is 8.53. The highest BCUT2D eigenvalue weighted by molar-refractivity contribution is 5.39. The van der Waals surface area contributed by atoms with Gasteiger partial charge in [0.25, 0.3) is 0 Å². The van der Waals surface area contributed by atoms with E-state index in [1.54, 1.807) is 35.3 Å². The third-order valence-electron chi connectivity index (χ3n) is 3.91. The Bertz CT molecular complexity index is 928. The van der Waals surface area contributed by atoms with Gasteiger partial charge in [0.1, 0.15) is 12.4 Å². The molecule has 1 aromatic carbocycles. The van der Waals surface area contributed by atoms with Gasteiger partial charge in [-0.3, -0.25) is 0 Å². The van der Waals surface area contributed by atoms with Crippen LogP contribution in [0.25, 0.3) is 5.82 Å². The summed E-state index contributed by atoms with van der Waals surface area (Å²) in [6.45, 7) is 5.03. The van der Waals surface area contributed by atoms with Crippen molar-refractivity contribution in [1.82, 2.24) is 14.8 Å². The Morgan fingerprint density at radius 1 is 1.08 bits per heavy atom. The van der Waals surface area contributed by atoms with Crippen LogP contribution in [0.2, 0.25) is 0 Å². The molecule has 6 heteroatoms. The molecule has 3 aromatic rings. The van der Waals surface area contributed by atoms with E-state index in [9.17, 15) is 0 Å². The Balaban J connectivity index is 1.81. The summed E-state index contributed by atoms with van der Waals surface area (Å²) in [4.78, 5) is 4.26. The Kier molecular flexibility index (Phi) is 5.49. The molecule has 132 valence electrons. The van der Waals surface area contributed by atoms with Gasteiger partial charge in [0.05, 0.1) is 24.4 Å². The first kappa shape index (κ1) is 17.5. The number of pyridine rings is 1. The molecule has 0 atom stereocenters. The van der Waals surface area contributed by atoms with Crippen molar-refractivity contribution >= 4 is 0 Å². The molecule has 0 bridgehead atoms. The molecule has 3 rings (SSSR count). The van der Waals surface area contributed by atoms with Crippen molar-refractivity contribution in [2.75, 3.05) is 6.61 Å². The lowest BCUT2D eigenvalue weighted by atomic mass is 10.1. The van der Waals surface area contributed by atoms with Crippen LogP contribution in [0.4, 0.5) is 0 Å². The van der Waals surface area contributed by atoms with Crippen LogP contribution in [0.5, 0.6) is 11.6 Å². The van der Waals surface area contributed by atoms with Gasteiger partial charge in [-0.25, -0.2) is 4.98 Å². The van der Waals surface area contributed by atoms with Gasteiger partial charge >= 0.3 is 0 Å². The molecule has 0 aliphatic heterocycles. The van der Waals surface area contributed by atoms with Crippen LogP contribution in [-0.2, 0) is 13.0 Å². The molecule has 0 radical (unpaired) electrons. The van der Waals surface area contributed by atoms with Crippen molar-refractivity contribution in [3.63, 3.8) is 0 Å². The number of ether oxygens (including phenoxy) is 2. The Labute approximate surface area is 152 Å². The van der Waals surface area contributed by atoms with E-state index in [0.29, 0.717) is 30.5 Å². The molecule has 0 aliphatic carbocycles. The molecule has 0 fully saturated rings. The summed E-state index contributed by atoms with van der Waals surface area (Å²) >= 11 is 0. The maximum absolute atomic E-state index is 9.05. The van der Waals surface area contributed by atoms with Gasteiger partial charge in [-0.15, -0.1) is 0 Å². The van der Waals surface area contributed by atoms with E-state index >= 15 is 0 Å². The zero-order valence-corrected chi connectivity index (χ0v) is 14.8. The highest BCUT2D eigenvalue weighted by atomic mass is 16.5. The second-order valence-electron chi connectivity index (χ2n) is 5.61. The summed E-state index contributed by atoms with van der Waals surface area (Å²) < 4.78 is 13.3. The fourth-order valence-corrected chi connectivity index (χ4v) is 2.56. The predicted octanol–water partition coefficient (Wildman–Crippen LogP) is 3.68. The van der Waals surface area contributed by atoms with E-state index in [2.05, 4.69) is 35.2 Å². The van der Waals surface area contributed by atoms with E-state index in [1.807, 2.05) is 13.0 Å². The zero-order chi connectivity index (χ0) is 18.4. The van der Waals surface area contributed by atoms with Gasteiger partial charge in [0, 0.05) is 23.9 Å². The molecule has 0 saturated carbocycles. The molecule has 0 spiro atoms. The summed E-state index contributed by atoms with van der Waals surface area (Å²) in [5.74, 6) is 1.92. The predicted molar refractivity (Wildman–Crippen MR) is 97.4 cm³/mol. The second-order valence-corrected chi connectivity index (χ2v) is 5.61. The van der Waals surface area contributed by atoms with Crippen molar-refractivity contribution in [3.8, 4) is 23.5 Å². The largest absolute Gasteiger partial charge is 0.493 e. The Morgan fingerprint density at radius 3 is 2.73 bits per heavy atom. The van der Waals surface area contributed by atoms with Crippen LogP contribution >= 0.6 is 0 Å². The molecular weight excluding hydrogens is 328 g/mol. The summed E-state index contributed by atoms with van der Waals surface area (Å²) in [7, 11) is 0. The molecule has 2 heterocycles. The van der Waals surface area contributed by atoms with Gasteiger partial charge in [-0.05, 0) is 31.0 Å². The molecule has 0 N–H and O–H groups in total. The number of nitrogens with zero attached hydrogens (tertiary/aromatic N) is 4. The third kappa shape index (κ3) is 3.83. The van der Waals surface area contributed by atoms with Crippen LogP contribution in [0.3, 0.4) is 0 Å². The molecule has 6 nitrogen and oxygen atoms in total. The lowest BCUT2D eigenvalue weighted by molar-refractivity contribution is 0.270. The molecule has 0 saturated heterocycles. The number of nitriles is 1. The third-order valence-corrected chi connectivity index (χ3v) is 3.91. The van der Waals surface area contributed by atoms with Gasteiger partial charge < -0.3 is 9.47 Å². The zero-order valence-electron chi connectivity index (χ0n) is 14.8. The molecule has 2 aromatic heterocycles. The van der Waals surface area contributed by atoms with Gasteiger partial charge in [0.2, 0.25) is 5.88 Å². The van der Waals surface area contributed by atoms with E-state index < -0.39 is 0 Å². The maximum Gasteiger partial charge on any atom is 0.218 e. The standard InChI is InChI=1S/C20H20N4O2/c1-3-15-5-6-17(18(11-15)25-4-2)14-26-20-8-10-23-24(20)19-12-16(13-21)7-9-22-19/h5-12H,3-4,14H2,1-2H3. The van der Waals surface area contributed by atoms with Crippen molar-refractivity contribution in [3.05, 3.63) is 65.5 Å². The number of rotatable bonds is 7. The van der Waals surface area contributed by atoms with E-state index in [-0.39, 0.29) is 0 Å². The van der Waals surface area contributed by atoms with Gasteiger partial charge in [-0.2, -0.15) is 15.0 Å². The average Bonchev–Trinajstić information content (AvgIpc) is 3.16. The number of aryl methyl sites for hydroxylation is 1. The number of hydrogen-bond acceptors (Lipinski definition) is 5. The summed E-state index contributed by atoms with van der Waals surface area (Å²) in [6, 6.07) is 13.3. The lowest BCUT2D eigenvalue weighted by Gasteiger charge is -2.13. The monoisotopic (exact) mass is 348 g/mol. The lowest BCUT2D eigenvalue weighted by Crippen LogP contribution is -2.06. The van der Waals surface area contributed by atoms with Crippen LogP contribution in [-0.4, -0.2) is 21.4 Å². The van der Waals surface area contributed by atoms with Crippen molar-refractivity contribution in [2.24, 2.45) is 0 Å². The highest BCUT2D eigenvalue weighted by Crippen LogP contribution is 2.24. The van der Waals surface area contributed by atoms with Crippen molar-refractivity contribution in [2.45, 2.75) is 26.9 Å². The van der Waals surface area contributed by atoms with Gasteiger partial charge in [0.15, 0.2) is 5.82 Å². The van der Waals surface area contributed by atoms with Crippen molar-refractivity contribution in [1.29, 1.82) is 5.26 Å². The van der Waals surface area contributed by atoms with Crippen LogP contribution < -0.4 is 9.47 Å². The first-order chi connectivity index (χ1) is 12.7. The highest BCUT2D eigenvalue weighted by Gasteiger charge is 2.11. The van der Waals surface area contributed by atoms with Crippen LogP contribution in [0, 0.1) is 11.3 Å². The second kappa shape index (κ2) is 8.17. The minimum atomic E-state index is 0.350. The minimum absolute atomic E-state index is 0.350. The van der Waals surface area contributed by atoms with Crippen LogP contribution in [0.15, 0.2) is 48.8 Å². The number of hydrogen-bond donors (Lipinski definition) is 0. The Morgan fingerprint density at radius 2 is 1.96 bits per heavy atom. The van der Waals surface area contributed by atoms with E-state index in [4.69, 9.17) is 14.7 Å². The molecule has 0 unspecified atom stereocenters. The van der Waals surface area contributed by atoms with Crippen LogP contribution in [0.1, 0.15) is 30.5 Å². The molecule has 0 aliphatic rings. The fraction of sp³-hybridized carbons (Fsp3) is 0.250. The fourth-order valence-electron chi connectivity index (χ4n) is 2.56. The summed E-state index contributed by atoms with van der Waals surface area (Å²) in [6.07, 6.45) is 4.17. The smallest absolute Gasteiger partial charge is 0.218 e. The average molecular weight is 348 g/mol. The SMILES string of the molecule is CCOc1cc(CC)ccc1COc1ccnn1-c1cc(C#N)ccn1. The quantitative estimate of drug-likeness (QED) is 0.651. The summed E-state index contributed by atoms with van der Waals surface area (Å²) in [5, 5.41) is 13.3. The molecule has 26 heavy (non-hydrogen) atoms. The molecular formula is C20H20N4O2. The van der Waals surface area contributed by atoms with E-state index in [0.717, 1.165) is 17.7 Å². The number of benzene rings is 1. The summed E-state index contributed by atoms with van der Waals surface area (Å²) in [5.41, 5.74) is 2.71. The maximum atomic E-state index is 9.05. The van der Waals surface area contributed by atoms with Gasteiger partial charge in [-0.1, -0.05) is 19.1 Å². The van der Waals surface area contributed by atoms with Crippen molar-refractivity contribution < 1.29 is 9.47 Å². The minimum Gasteiger partial charge on any atom is -0.493 e. The normalized spacial score (nSPS) is 10.3. The topological polar surface area (TPSA) is 73.0 Å². The van der Waals surface area contributed by atoms with E-state index in [1.165, 1.54) is 5.56 Å². The Hall–Kier alpha value is -3.33. The first-order valence-corrected chi connectivity index (χ1v) is 8.53.